The van der Waals surface area contributed by atoms with Gasteiger partial charge in [-0.3, -0.25) is 14.2 Å². The van der Waals surface area contributed by atoms with Crippen LogP contribution >= 0.6 is 11.3 Å². The summed E-state index contributed by atoms with van der Waals surface area (Å²) in [7, 11) is -3.58. The van der Waals surface area contributed by atoms with Gasteiger partial charge in [-0.15, -0.1) is 0 Å². The highest BCUT2D eigenvalue weighted by molar-refractivity contribution is 7.89. The maximum Gasteiger partial charge on any atom is 0.308 e. The normalized spacial score (nSPS) is 15.5. The van der Waals surface area contributed by atoms with Crippen molar-refractivity contribution in [3.8, 4) is 0 Å². The van der Waals surface area contributed by atoms with Gasteiger partial charge in [0.1, 0.15) is 0 Å². The fraction of sp³-hybridized carbons (Fsp3) is 0.417. The molecule has 2 aromatic carbocycles. The first kappa shape index (κ1) is 23.7. The number of aryl methyl sites for hydroxylation is 3. The van der Waals surface area contributed by atoms with E-state index in [1.807, 2.05) is 32.0 Å². The number of amides is 1. The second-order valence-corrected chi connectivity index (χ2v) is 11.5. The molecule has 1 saturated heterocycles. The Labute approximate surface area is 198 Å². The van der Waals surface area contributed by atoms with Gasteiger partial charge >= 0.3 is 4.87 Å². The zero-order valence-corrected chi connectivity index (χ0v) is 20.6. The zero-order chi connectivity index (χ0) is 23.6. The lowest BCUT2D eigenvalue weighted by atomic mass is 10.1. The zero-order valence-electron chi connectivity index (χ0n) is 19.0. The van der Waals surface area contributed by atoms with Gasteiger partial charge in [0, 0.05) is 31.7 Å². The van der Waals surface area contributed by atoms with Crippen LogP contribution < -0.4 is 10.2 Å². The topological polar surface area (TPSA) is 88.5 Å². The molecule has 7 nitrogen and oxygen atoms in total. The van der Waals surface area contributed by atoms with E-state index in [2.05, 4.69) is 5.32 Å². The van der Waals surface area contributed by atoms with Gasteiger partial charge in [0.2, 0.25) is 15.9 Å². The van der Waals surface area contributed by atoms with Gasteiger partial charge in [-0.1, -0.05) is 30.2 Å². The number of nitrogens with zero attached hydrogens (tertiary/aromatic N) is 2. The van der Waals surface area contributed by atoms with Crippen LogP contribution in [0.3, 0.4) is 0 Å². The number of aromatic nitrogens is 1. The number of rotatable bonds is 6. The van der Waals surface area contributed by atoms with E-state index in [9.17, 15) is 18.0 Å². The second kappa shape index (κ2) is 9.79. The number of benzene rings is 2. The van der Waals surface area contributed by atoms with E-state index in [0.29, 0.717) is 23.3 Å². The summed E-state index contributed by atoms with van der Waals surface area (Å²) in [5.74, 6) is -0.176. The first-order valence-electron chi connectivity index (χ1n) is 11.3. The summed E-state index contributed by atoms with van der Waals surface area (Å²) < 4.78 is 29.9. The van der Waals surface area contributed by atoms with Crippen molar-refractivity contribution in [3.05, 3.63) is 57.2 Å². The first-order chi connectivity index (χ1) is 15.8. The largest absolute Gasteiger partial charge is 0.326 e. The third kappa shape index (κ3) is 5.20. The molecule has 1 aliphatic rings. The molecule has 0 atom stereocenters. The van der Waals surface area contributed by atoms with Crippen molar-refractivity contribution in [2.24, 2.45) is 0 Å². The van der Waals surface area contributed by atoms with E-state index >= 15 is 0 Å². The van der Waals surface area contributed by atoms with Crippen LogP contribution in [-0.4, -0.2) is 36.3 Å². The second-order valence-electron chi connectivity index (χ2n) is 8.56. The fourth-order valence-corrected chi connectivity index (χ4v) is 6.68. The van der Waals surface area contributed by atoms with Gasteiger partial charge in [0.25, 0.3) is 0 Å². The summed E-state index contributed by atoms with van der Waals surface area (Å²) in [6.45, 7) is 5.30. The molecule has 1 amide bonds. The van der Waals surface area contributed by atoms with E-state index in [-0.39, 0.29) is 28.6 Å². The number of sulfonamides is 1. The maximum atomic E-state index is 13.1. The van der Waals surface area contributed by atoms with E-state index in [0.717, 1.165) is 53.8 Å². The Kier molecular flexibility index (Phi) is 7.02. The van der Waals surface area contributed by atoms with E-state index in [1.54, 1.807) is 27.1 Å². The molecule has 0 bridgehead atoms. The van der Waals surface area contributed by atoms with Crippen molar-refractivity contribution < 1.29 is 13.2 Å². The molecular weight excluding hydrogens is 458 g/mol. The van der Waals surface area contributed by atoms with Crippen molar-refractivity contribution in [2.45, 2.75) is 57.4 Å². The minimum absolute atomic E-state index is 0.145. The monoisotopic (exact) mass is 487 g/mol. The fourth-order valence-electron chi connectivity index (χ4n) is 4.11. The Morgan fingerprint density at radius 2 is 1.73 bits per heavy atom. The average Bonchev–Trinajstić information content (AvgIpc) is 2.94. The SMILES string of the molecule is Cc1ccc(NC(=O)CCn2c(=O)sc3cc(S(=O)(=O)N4CCCCCC4)ccc32)cc1C. The summed E-state index contributed by atoms with van der Waals surface area (Å²) in [5.41, 5.74) is 3.63. The number of fused-ring (bicyclic) bond motifs is 1. The Morgan fingerprint density at radius 1 is 1.00 bits per heavy atom. The van der Waals surface area contributed by atoms with Crippen molar-refractivity contribution in [3.63, 3.8) is 0 Å². The number of hydrogen-bond acceptors (Lipinski definition) is 5. The predicted molar refractivity (Wildman–Crippen MR) is 132 cm³/mol. The van der Waals surface area contributed by atoms with E-state index in [1.165, 1.54) is 0 Å². The van der Waals surface area contributed by atoms with Crippen molar-refractivity contribution in [1.82, 2.24) is 8.87 Å². The molecule has 33 heavy (non-hydrogen) atoms. The van der Waals surface area contributed by atoms with Gasteiger partial charge in [-0.05, 0) is 68.1 Å². The van der Waals surface area contributed by atoms with Gasteiger partial charge in [-0.25, -0.2) is 8.42 Å². The van der Waals surface area contributed by atoms with Gasteiger partial charge < -0.3 is 5.32 Å². The molecule has 0 saturated carbocycles. The Morgan fingerprint density at radius 3 is 2.42 bits per heavy atom. The van der Waals surface area contributed by atoms with Crippen molar-refractivity contribution >= 4 is 43.2 Å². The van der Waals surface area contributed by atoms with Gasteiger partial charge in [-0.2, -0.15) is 4.31 Å². The number of thiazole rings is 1. The highest BCUT2D eigenvalue weighted by Crippen LogP contribution is 2.26. The van der Waals surface area contributed by atoms with Crippen LogP contribution in [0.2, 0.25) is 0 Å². The number of carbonyl (C=O) groups is 1. The van der Waals surface area contributed by atoms with Crippen LogP contribution in [-0.2, 0) is 21.4 Å². The van der Waals surface area contributed by atoms with Crippen LogP contribution in [0, 0.1) is 13.8 Å². The molecule has 0 radical (unpaired) electrons. The minimum Gasteiger partial charge on any atom is -0.326 e. The molecule has 0 aliphatic carbocycles. The summed E-state index contributed by atoms with van der Waals surface area (Å²) in [6.07, 6.45) is 3.98. The molecule has 4 rings (SSSR count). The third-order valence-electron chi connectivity index (χ3n) is 6.20. The highest BCUT2D eigenvalue weighted by atomic mass is 32.2. The highest BCUT2D eigenvalue weighted by Gasteiger charge is 2.26. The Balaban J connectivity index is 1.50. The van der Waals surface area contributed by atoms with Crippen LogP contribution in [0.25, 0.3) is 10.2 Å². The Hall–Kier alpha value is -2.49. The van der Waals surface area contributed by atoms with Gasteiger partial charge in [0.15, 0.2) is 0 Å². The van der Waals surface area contributed by atoms with Crippen LogP contribution in [0.4, 0.5) is 5.69 Å². The number of carbonyl (C=O) groups excluding carboxylic acids is 1. The molecule has 1 fully saturated rings. The minimum atomic E-state index is -3.58. The van der Waals surface area contributed by atoms with Crippen molar-refractivity contribution in [2.75, 3.05) is 18.4 Å². The molecule has 2 heterocycles. The standard InChI is InChI=1S/C24H29N3O4S2/c1-17-7-8-19(15-18(17)2)25-23(28)11-14-27-21-10-9-20(16-22(21)32-24(27)29)33(30,31)26-12-5-3-4-6-13-26/h7-10,15-16H,3-6,11-14H2,1-2H3,(H,25,28). The molecule has 1 aromatic heterocycles. The van der Waals surface area contributed by atoms with E-state index < -0.39 is 10.0 Å². The summed E-state index contributed by atoms with van der Waals surface area (Å²) in [4.78, 5) is 25.0. The predicted octanol–water partition coefficient (Wildman–Crippen LogP) is 4.27. The van der Waals surface area contributed by atoms with Crippen LogP contribution in [0.1, 0.15) is 43.2 Å². The summed E-state index contributed by atoms with van der Waals surface area (Å²) in [6, 6.07) is 10.6. The van der Waals surface area contributed by atoms with Crippen molar-refractivity contribution in [1.29, 1.82) is 0 Å². The number of nitrogens with one attached hydrogen (secondary N) is 1. The molecular formula is C24H29N3O4S2. The summed E-state index contributed by atoms with van der Waals surface area (Å²) >= 11 is 1.01. The smallest absolute Gasteiger partial charge is 0.308 e. The number of hydrogen-bond donors (Lipinski definition) is 1. The first-order valence-corrected chi connectivity index (χ1v) is 13.5. The molecule has 1 aliphatic heterocycles. The van der Waals surface area contributed by atoms with Gasteiger partial charge in [0.05, 0.1) is 15.1 Å². The number of anilines is 1. The van der Waals surface area contributed by atoms with Crippen LogP contribution in [0.15, 0.2) is 46.1 Å². The summed E-state index contributed by atoms with van der Waals surface area (Å²) in [5, 5.41) is 2.87. The molecule has 1 N–H and O–H groups in total. The molecule has 9 heteroatoms. The molecule has 3 aromatic rings. The average molecular weight is 488 g/mol. The molecule has 0 spiro atoms. The molecule has 0 unspecified atom stereocenters. The van der Waals surface area contributed by atoms with E-state index in [4.69, 9.17) is 0 Å². The lowest BCUT2D eigenvalue weighted by Crippen LogP contribution is -2.31. The maximum absolute atomic E-state index is 13.1. The van der Waals surface area contributed by atoms with Crippen LogP contribution in [0.5, 0.6) is 0 Å². The quantitative estimate of drug-likeness (QED) is 0.562. The molecule has 176 valence electrons. The lowest BCUT2D eigenvalue weighted by Gasteiger charge is -2.19. The lowest BCUT2D eigenvalue weighted by molar-refractivity contribution is -0.116. The Bertz CT molecular complexity index is 1330. The third-order valence-corrected chi connectivity index (χ3v) is 9.03.